The van der Waals surface area contributed by atoms with E-state index in [-0.39, 0.29) is 11.9 Å². The van der Waals surface area contributed by atoms with Gasteiger partial charge >= 0.3 is 0 Å². The molecule has 19 heavy (non-hydrogen) atoms. The lowest BCUT2D eigenvalue weighted by atomic mass is 10.0. The molecule has 100 valence electrons. The van der Waals surface area contributed by atoms with Crippen LogP contribution >= 0.6 is 0 Å². The lowest BCUT2D eigenvalue weighted by molar-refractivity contribution is 0.513. The molecule has 1 unspecified atom stereocenters. The highest BCUT2D eigenvalue weighted by atomic mass is 19.1. The Morgan fingerprint density at radius 3 is 2.84 bits per heavy atom. The number of nitrogens with zero attached hydrogens (tertiary/aromatic N) is 1. The normalized spacial score (nSPS) is 12.4. The molecule has 0 spiro atoms. The number of hydrogen-bond donors (Lipinski definition) is 1. The fourth-order valence-electron chi connectivity index (χ4n) is 2.15. The summed E-state index contributed by atoms with van der Waals surface area (Å²) in [7, 11) is 0. The molecule has 2 aromatic rings. The van der Waals surface area contributed by atoms with Crippen molar-refractivity contribution < 1.29 is 4.39 Å². The van der Waals surface area contributed by atoms with Crippen LogP contribution in [0.3, 0.4) is 0 Å². The first-order valence-electron chi connectivity index (χ1n) is 6.59. The molecule has 0 saturated heterocycles. The van der Waals surface area contributed by atoms with Crippen LogP contribution in [-0.2, 0) is 6.54 Å². The summed E-state index contributed by atoms with van der Waals surface area (Å²) in [6.07, 6.45) is 4.58. The van der Waals surface area contributed by atoms with Crippen molar-refractivity contribution in [2.24, 2.45) is 0 Å². The van der Waals surface area contributed by atoms with Crippen molar-refractivity contribution in [3.05, 3.63) is 65.2 Å². The van der Waals surface area contributed by atoms with E-state index in [4.69, 9.17) is 0 Å². The maximum absolute atomic E-state index is 13.3. The lowest BCUT2D eigenvalue weighted by Gasteiger charge is -2.18. The molecule has 0 aliphatic carbocycles. The molecule has 0 saturated carbocycles. The van der Waals surface area contributed by atoms with Crippen molar-refractivity contribution in [2.45, 2.75) is 32.9 Å². The predicted octanol–water partition coefficient (Wildman–Crippen LogP) is 3.77. The van der Waals surface area contributed by atoms with Gasteiger partial charge in [-0.3, -0.25) is 4.98 Å². The number of pyridine rings is 1. The SMILES string of the molecule is CCC(NCc1ccncc1C)c1cccc(F)c1. The average Bonchev–Trinajstić information content (AvgIpc) is 2.41. The van der Waals surface area contributed by atoms with E-state index in [1.54, 1.807) is 18.3 Å². The van der Waals surface area contributed by atoms with Gasteiger partial charge in [-0.05, 0) is 48.2 Å². The summed E-state index contributed by atoms with van der Waals surface area (Å²) in [5.74, 6) is -0.183. The minimum Gasteiger partial charge on any atom is -0.306 e. The zero-order chi connectivity index (χ0) is 13.7. The lowest BCUT2D eigenvalue weighted by Crippen LogP contribution is -2.20. The topological polar surface area (TPSA) is 24.9 Å². The van der Waals surface area contributed by atoms with Crippen LogP contribution in [-0.4, -0.2) is 4.98 Å². The van der Waals surface area contributed by atoms with Crippen LogP contribution in [0.25, 0.3) is 0 Å². The molecule has 0 aliphatic heterocycles. The van der Waals surface area contributed by atoms with E-state index in [2.05, 4.69) is 17.2 Å². The Hall–Kier alpha value is -1.74. The second kappa shape index (κ2) is 6.43. The molecular weight excluding hydrogens is 239 g/mol. The zero-order valence-corrected chi connectivity index (χ0v) is 11.4. The van der Waals surface area contributed by atoms with Crippen LogP contribution in [0.5, 0.6) is 0 Å². The monoisotopic (exact) mass is 258 g/mol. The third-order valence-electron chi connectivity index (χ3n) is 3.33. The Balaban J connectivity index is 2.06. The van der Waals surface area contributed by atoms with Crippen molar-refractivity contribution in [1.29, 1.82) is 0 Å². The molecule has 1 aromatic heterocycles. The second-order valence-corrected chi connectivity index (χ2v) is 4.70. The van der Waals surface area contributed by atoms with E-state index in [0.717, 1.165) is 18.5 Å². The van der Waals surface area contributed by atoms with Gasteiger partial charge in [-0.15, -0.1) is 0 Å². The van der Waals surface area contributed by atoms with E-state index in [1.165, 1.54) is 17.2 Å². The van der Waals surface area contributed by atoms with Gasteiger partial charge in [0.2, 0.25) is 0 Å². The van der Waals surface area contributed by atoms with Crippen LogP contribution in [0, 0.1) is 12.7 Å². The average molecular weight is 258 g/mol. The zero-order valence-electron chi connectivity index (χ0n) is 11.4. The van der Waals surface area contributed by atoms with Gasteiger partial charge in [0.1, 0.15) is 5.82 Å². The Morgan fingerprint density at radius 1 is 1.32 bits per heavy atom. The molecule has 0 radical (unpaired) electrons. The van der Waals surface area contributed by atoms with Gasteiger partial charge in [0.15, 0.2) is 0 Å². The third kappa shape index (κ3) is 3.61. The largest absolute Gasteiger partial charge is 0.306 e. The number of aromatic nitrogens is 1. The van der Waals surface area contributed by atoms with Gasteiger partial charge in [-0.1, -0.05) is 19.1 Å². The maximum Gasteiger partial charge on any atom is 0.123 e. The van der Waals surface area contributed by atoms with E-state index >= 15 is 0 Å². The summed E-state index contributed by atoms with van der Waals surface area (Å²) < 4.78 is 13.3. The summed E-state index contributed by atoms with van der Waals surface area (Å²) in [5, 5.41) is 3.48. The second-order valence-electron chi connectivity index (χ2n) is 4.70. The molecule has 0 fully saturated rings. The van der Waals surface area contributed by atoms with Crippen LogP contribution in [0.1, 0.15) is 36.1 Å². The first-order valence-corrected chi connectivity index (χ1v) is 6.59. The van der Waals surface area contributed by atoms with E-state index in [1.807, 2.05) is 25.3 Å². The Bertz CT molecular complexity index is 540. The quantitative estimate of drug-likeness (QED) is 0.883. The molecular formula is C16H19FN2. The minimum atomic E-state index is -0.183. The van der Waals surface area contributed by atoms with Gasteiger partial charge < -0.3 is 5.32 Å². The third-order valence-corrected chi connectivity index (χ3v) is 3.33. The Kier molecular flexibility index (Phi) is 4.63. The molecule has 1 atom stereocenters. The van der Waals surface area contributed by atoms with Gasteiger partial charge in [-0.2, -0.15) is 0 Å². The molecule has 2 nitrogen and oxygen atoms in total. The van der Waals surface area contributed by atoms with Crippen molar-refractivity contribution in [2.75, 3.05) is 0 Å². The van der Waals surface area contributed by atoms with E-state index in [9.17, 15) is 4.39 Å². The van der Waals surface area contributed by atoms with Crippen molar-refractivity contribution in [1.82, 2.24) is 10.3 Å². The van der Waals surface area contributed by atoms with Crippen molar-refractivity contribution in [3.63, 3.8) is 0 Å². The standard InChI is InChI=1S/C16H19FN2/c1-3-16(13-5-4-6-15(17)9-13)19-11-14-7-8-18-10-12(14)2/h4-10,16,19H,3,11H2,1-2H3. The van der Waals surface area contributed by atoms with Gasteiger partial charge in [0.25, 0.3) is 0 Å². The smallest absolute Gasteiger partial charge is 0.123 e. The van der Waals surface area contributed by atoms with Crippen molar-refractivity contribution in [3.8, 4) is 0 Å². The summed E-state index contributed by atoms with van der Waals surface area (Å²) >= 11 is 0. The highest BCUT2D eigenvalue weighted by molar-refractivity contribution is 5.23. The molecule has 0 aliphatic rings. The van der Waals surface area contributed by atoms with Gasteiger partial charge in [0, 0.05) is 25.0 Å². The fourth-order valence-corrected chi connectivity index (χ4v) is 2.15. The van der Waals surface area contributed by atoms with Crippen LogP contribution in [0.15, 0.2) is 42.7 Å². The number of halogens is 1. The number of nitrogens with one attached hydrogen (secondary N) is 1. The molecule has 1 N–H and O–H groups in total. The molecule has 2 rings (SSSR count). The maximum atomic E-state index is 13.3. The van der Waals surface area contributed by atoms with E-state index < -0.39 is 0 Å². The summed E-state index contributed by atoms with van der Waals surface area (Å²) in [6.45, 7) is 4.92. The first kappa shape index (κ1) is 13.7. The number of hydrogen-bond acceptors (Lipinski definition) is 2. The Morgan fingerprint density at radius 2 is 2.16 bits per heavy atom. The first-order chi connectivity index (χ1) is 9.20. The van der Waals surface area contributed by atoms with Crippen LogP contribution in [0.2, 0.25) is 0 Å². The minimum absolute atomic E-state index is 0.170. The fraction of sp³-hybridized carbons (Fsp3) is 0.312. The molecule has 0 bridgehead atoms. The molecule has 0 amide bonds. The summed E-state index contributed by atoms with van der Waals surface area (Å²) in [5.41, 5.74) is 3.39. The van der Waals surface area contributed by atoms with Crippen LogP contribution in [0.4, 0.5) is 4.39 Å². The van der Waals surface area contributed by atoms with Gasteiger partial charge in [0.05, 0.1) is 0 Å². The van der Waals surface area contributed by atoms with Crippen molar-refractivity contribution >= 4 is 0 Å². The van der Waals surface area contributed by atoms with Gasteiger partial charge in [-0.25, -0.2) is 4.39 Å². The Labute approximate surface area is 113 Å². The predicted molar refractivity (Wildman–Crippen MR) is 75.2 cm³/mol. The summed E-state index contributed by atoms with van der Waals surface area (Å²) in [6, 6.07) is 8.98. The van der Waals surface area contributed by atoms with E-state index in [0.29, 0.717) is 0 Å². The number of aryl methyl sites for hydroxylation is 1. The molecule has 1 heterocycles. The number of benzene rings is 1. The summed E-state index contributed by atoms with van der Waals surface area (Å²) in [4.78, 5) is 4.08. The molecule has 1 aromatic carbocycles. The van der Waals surface area contributed by atoms with Crippen LogP contribution < -0.4 is 5.32 Å². The highest BCUT2D eigenvalue weighted by Crippen LogP contribution is 2.18. The molecule has 3 heteroatoms. The highest BCUT2D eigenvalue weighted by Gasteiger charge is 2.09. The number of rotatable bonds is 5.